The molecule has 3 rings (SSSR count). The minimum absolute atomic E-state index is 0.385. The molecule has 1 aliphatic rings. The minimum atomic E-state index is -0.597. The van der Waals surface area contributed by atoms with Gasteiger partial charge in [0, 0.05) is 21.8 Å². The fourth-order valence-electron chi connectivity index (χ4n) is 1.76. The maximum Gasteiger partial charge on any atom is 0.296 e. The molecule has 5 nitrogen and oxygen atoms in total. The highest BCUT2D eigenvalue weighted by molar-refractivity contribution is 9.10. The van der Waals surface area contributed by atoms with E-state index >= 15 is 0 Å². The summed E-state index contributed by atoms with van der Waals surface area (Å²) < 4.78 is 0.732. The van der Waals surface area contributed by atoms with Crippen LogP contribution in [0, 0.1) is 6.92 Å². The number of carbonyl (C=O) groups is 2. The topological polar surface area (TPSA) is 72.0 Å². The van der Waals surface area contributed by atoms with Crippen molar-refractivity contribution in [3.05, 3.63) is 40.1 Å². The van der Waals surface area contributed by atoms with Crippen molar-refractivity contribution in [3.8, 4) is 0 Å². The molecular formula is C13H8BrN3O2S. The fourth-order valence-corrected chi connectivity index (χ4v) is 3.08. The van der Waals surface area contributed by atoms with Gasteiger partial charge < -0.3 is 5.32 Å². The number of amides is 1. The Labute approximate surface area is 127 Å². The quantitative estimate of drug-likeness (QED) is 0.666. The van der Waals surface area contributed by atoms with Gasteiger partial charge in [-0.15, -0.1) is 0 Å². The molecule has 0 fully saturated rings. The molecule has 0 radical (unpaired) electrons. The van der Waals surface area contributed by atoms with Crippen LogP contribution in [-0.2, 0) is 4.79 Å². The van der Waals surface area contributed by atoms with E-state index in [1.165, 1.54) is 11.8 Å². The number of Topliss-reactive ketones (excluding diaryl/α,β-unsaturated/α-hetero) is 1. The van der Waals surface area contributed by atoms with Gasteiger partial charge in [0.05, 0.1) is 11.3 Å². The van der Waals surface area contributed by atoms with Crippen LogP contribution < -0.4 is 5.32 Å². The number of rotatable bonds is 2. The lowest BCUT2D eigenvalue weighted by Crippen LogP contribution is -2.12. The largest absolute Gasteiger partial charge is 0.318 e. The zero-order valence-corrected chi connectivity index (χ0v) is 12.7. The molecule has 2 heterocycles. The average molecular weight is 350 g/mol. The number of ketones is 1. The van der Waals surface area contributed by atoms with E-state index in [0.717, 1.165) is 14.9 Å². The Kier molecular flexibility index (Phi) is 3.31. The van der Waals surface area contributed by atoms with Gasteiger partial charge in [-0.05, 0) is 52.3 Å². The Balaban J connectivity index is 1.96. The summed E-state index contributed by atoms with van der Waals surface area (Å²) in [5.74, 6) is -1.11. The Bertz CT molecular complexity index is 731. The van der Waals surface area contributed by atoms with Crippen LogP contribution in [0.25, 0.3) is 0 Å². The summed E-state index contributed by atoms with van der Waals surface area (Å²) in [6, 6.07) is 3.39. The van der Waals surface area contributed by atoms with Gasteiger partial charge in [0.25, 0.3) is 11.7 Å². The van der Waals surface area contributed by atoms with Crippen molar-refractivity contribution in [1.82, 2.24) is 9.97 Å². The summed E-state index contributed by atoms with van der Waals surface area (Å²) in [7, 11) is 0. The van der Waals surface area contributed by atoms with Crippen molar-refractivity contribution < 1.29 is 9.59 Å². The molecule has 2 aromatic rings. The van der Waals surface area contributed by atoms with Crippen LogP contribution >= 0.6 is 27.7 Å². The van der Waals surface area contributed by atoms with Crippen molar-refractivity contribution in [2.24, 2.45) is 0 Å². The van der Waals surface area contributed by atoms with Gasteiger partial charge in [-0.3, -0.25) is 9.59 Å². The summed E-state index contributed by atoms with van der Waals surface area (Å²) in [4.78, 5) is 32.2. The molecule has 0 saturated heterocycles. The number of benzene rings is 1. The Morgan fingerprint density at radius 1 is 1.20 bits per heavy atom. The second kappa shape index (κ2) is 4.99. The lowest BCUT2D eigenvalue weighted by atomic mass is 10.1. The van der Waals surface area contributed by atoms with Gasteiger partial charge >= 0.3 is 0 Å². The van der Waals surface area contributed by atoms with Crippen molar-refractivity contribution >= 4 is 45.1 Å². The number of carbonyl (C=O) groups excluding carboxylic acids is 2. The maximum absolute atomic E-state index is 11.6. The van der Waals surface area contributed by atoms with Crippen molar-refractivity contribution in [2.75, 3.05) is 5.32 Å². The molecule has 0 aliphatic carbocycles. The third-order valence-corrected chi connectivity index (χ3v) is 4.60. The molecule has 20 heavy (non-hydrogen) atoms. The van der Waals surface area contributed by atoms with Crippen LogP contribution in [0.3, 0.4) is 0 Å². The second-order valence-corrected chi connectivity index (χ2v) is 6.12. The second-order valence-electron chi connectivity index (χ2n) is 4.26. The number of aryl methyl sites for hydroxylation is 1. The first-order chi connectivity index (χ1) is 9.54. The first-order valence-electron chi connectivity index (χ1n) is 5.70. The average Bonchev–Trinajstić information content (AvgIpc) is 2.69. The maximum atomic E-state index is 11.6. The van der Waals surface area contributed by atoms with Gasteiger partial charge in [0.1, 0.15) is 0 Å². The standard InChI is InChI=1S/C13H8BrN3O2S/c1-6-4-15-13(16-5-6)20-10-3-9-7(2-8(10)14)11(18)12(19)17-9/h2-5H,1H3,(H,17,18,19). The fraction of sp³-hybridized carbons (Fsp3) is 0.0769. The third kappa shape index (κ3) is 2.34. The van der Waals surface area contributed by atoms with Crippen LogP contribution in [0.2, 0.25) is 0 Å². The summed E-state index contributed by atoms with van der Waals surface area (Å²) in [6.45, 7) is 1.92. The zero-order chi connectivity index (χ0) is 14.3. The van der Waals surface area contributed by atoms with E-state index in [4.69, 9.17) is 0 Å². The van der Waals surface area contributed by atoms with Gasteiger partial charge in [-0.1, -0.05) is 0 Å². The van der Waals surface area contributed by atoms with Crippen LogP contribution in [0.1, 0.15) is 15.9 Å². The first-order valence-corrected chi connectivity index (χ1v) is 7.31. The highest BCUT2D eigenvalue weighted by atomic mass is 79.9. The number of halogens is 1. The van der Waals surface area contributed by atoms with Crippen molar-refractivity contribution in [1.29, 1.82) is 0 Å². The summed E-state index contributed by atoms with van der Waals surface area (Å²) in [5.41, 5.74) is 1.90. The van der Waals surface area contributed by atoms with Gasteiger partial charge in [0.15, 0.2) is 5.16 Å². The monoisotopic (exact) mass is 349 g/mol. The zero-order valence-electron chi connectivity index (χ0n) is 10.3. The molecule has 7 heteroatoms. The van der Waals surface area contributed by atoms with Gasteiger partial charge in [-0.2, -0.15) is 0 Å². The molecule has 0 saturated carbocycles. The molecule has 1 N–H and O–H groups in total. The summed E-state index contributed by atoms with van der Waals surface area (Å²) in [6.07, 6.45) is 3.48. The van der Waals surface area contributed by atoms with E-state index in [1.807, 2.05) is 6.92 Å². The molecular weight excluding hydrogens is 342 g/mol. The number of aromatic nitrogens is 2. The van der Waals surface area contributed by atoms with E-state index in [1.54, 1.807) is 24.5 Å². The van der Waals surface area contributed by atoms with E-state index in [9.17, 15) is 9.59 Å². The van der Waals surface area contributed by atoms with Crippen molar-refractivity contribution in [2.45, 2.75) is 17.0 Å². The molecule has 0 unspecified atom stereocenters. The molecule has 0 bridgehead atoms. The van der Waals surface area contributed by atoms with E-state index < -0.39 is 11.7 Å². The number of anilines is 1. The Morgan fingerprint density at radius 2 is 1.90 bits per heavy atom. The lowest BCUT2D eigenvalue weighted by Gasteiger charge is -2.06. The molecule has 1 aliphatic heterocycles. The summed E-state index contributed by atoms with van der Waals surface area (Å²) >= 11 is 4.76. The minimum Gasteiger partial charge on any atom is -0.318 e. The number of fused-ring (bicyclic) bond motifs is 1. The van der Waals surface area contributed by atoms with Crippen LogP contribution in [0.4, 0.5) is 5.69 Å². The van der Waals surface area contributed by atoms with E-state index in [2.05, 4.69) is 31.2 Å². The number of nitrogens with one attached hydrogen (secondary N) is 1. The van der Waals surface area contributed by atoms with Gasteiger partial charge in [-0.25, -0.2) is 9.97 Å². The highest BCUT2D eigenvalue weighted by Gasteiger charge is 2.29. The molecule has 1 aromatic heterocycles. The lowest BCUT2D eigenvalue weighted by molar-refractivity contribution is -0.112. The molecule has 100 valence electrons. The Morgan fingerprint density at radius 3 is 2.60 bits per heavy atom. The first kappa shape index (κ1) is 13.3. The number of nitrogens with zero attached hydrogens (tertiary/aromatic N) is 2. The smallest absolute Gasteiger partial charge is 0.296 e. The van der Waals surface area contributed by atoms with Gasteiger partial charge in [0.2, 0.25) is 0 Å². The highest BCUT2D eigenvalue weighted by Crippen LogP contribution is 2.37. The van der Waals surface area contributed by atoms with E-state index in [0.29, 0.717) is 16.4 Å². The number of hydrogen-bond acceptors (Lipinski definition) is 5. The Hall–Kier alpha value is -1.73. The van der Waals surface area contributed by atoms with Crippen molar-refractivity contribution in [3.63, 3.8) is 0 Å². The molecule has 1 amide bonds. The van der Waals surface area contributed by atoms with Crippen LogP contribution in [0.5, 0.6) is 0 Å². The third-order valence-electron chi connectivity index (χ3n) is 2.73. The SMILES string of the molecule is Cc1cnc(Sc2cc3c(cc2Br)C(=O)C(=O)N3)nc1. The normalized spacial score (nSPS) is 13.3. The van der Waals surface area contributed by atoms with Crippen LogP contribution in [0.15, 0.2) is 39.1 Å². The molecule has 1 aromatic carbocycles. The predicted molar refractivity (Wildman–Crippen MR) is 78.0 cm³/mol. The molecule has 0 atom stereocenters. The van der Waals surface area contributed by atoms with E-state index in [-0.39, 0.29) is 0 Å². The van der Waals surface area contributed by atoms with Crippen LogP contribution in [-0.4, -0.2) is 21.7 Å². The summed E-state index contributed by atoms with van der Waals surface area (Å²) in [5, 5.41) is 3.15. The predicted octanol–water partition coefficient (Wildman–Crippen LogP) is 2.83. The molecule has 0 spiro atoms. The number of hydrogen-bond donors (Lipinski definition) is 1.